The van der Waals surface area contributed by atoms with E-state index >= 15 is 0 Å². The minimum atomic E-state index is 0.198. The summed E-state index contributed by atoms with van der Waals surface area (Å²) in [7, 11) is 1.87. The molecule has 4 heteroatoms. The SMILES string of the molecule is CCCNCc1cc(C)ccc1N1CCN(C)C(=O)C1. The monoisotopic (exact) mass is 275 g/mol. The predicted molar refractivity (Wildman–Crippen MR) is 83.0 cm³/mol. The number of anilines is 1. The molecule has 2 rings (SSSR count). The molecule has 1 heterocycles. The van der Waals surface area contributed by atoms with Crippen molar-refractivity contribution in [2.45, 2.75) is 26.8 Å². The largest absolute Gasteiger partial charge is 0.360 e. The second-order valence-electron chi connectivity index (χ2n) is 5.55. The van der Waals surface area contributed by atoms with Crippen LogP contribution in [-0.2, 0) is 11.3 Å². The zero-order valence-corrected chi connectivity index (χ0v) is 12.8. The molecule has 0 radical (unpaired) electrons. The molecular formula is C16H25N3O. The Bertz CT molecular complexity index is 473. The molecule has 0 atom stereocenters. The summed E-state index contributed by atoms with van der Waals surface area (Å²) in [4.78, 5) is 15.9. The van der Waals surface area contributed by atoms with E-state index in [0.29, 0.717) is 6.54 Å². The fourth-order valence-electron chi connectivity index (χ4n) is 2.53. The Kier molecular flexibility index (Phi) is 5.01. The summed E-state index contributed by atoms with van der Waals surface area (Å²) in [5, 5.41) is 3.46. The van der Waals surface area contributed by atoms with Crippen molar-refractivity contribution >= 4 is 11.6 Å². The van der Waals surface area contributed by atoms with Crippen LogP contribution in [0.1, 0.15) is 24.5 Å². The molecule has 0 bridgehead atoms. The Balaban J connectivity index is 2.15. The topological polar surface area (TPSA) is 35.6 Å². The number of nitrogens with one attached hydrogen (secondary N) is 1. The highest BCUT2D eigenvalue weighted by Gasteiger charge is 2.22. The quantitative estimate of drug-likeness (QED) is 0.832. The number of amides is 1. The molecule has 1 N–H and O–H groups in total. The van der Waals surface area contributed by atoms with Gasteiger partial charge in [-0.25, -0.2) is 0 Å². The normalized spacial score (nSPS) is 15.8. The van der Waals surface area contributed by atoms with Gasteiger partial charge in [-0.3, -0.25) is 4.79 Å². The zero-order valence-electron chi connectivity index (χ0n) is 12.8. The van der Waals surface area contributed by atoms with Crippen LogP contribution in [0.15, 0.2) is 18.2 Å². The van der Waals surface area contributed by atoms with E-state index in [1.807, 2.05) is 7.05 Å². The Morgan fingerprint density at radius 1 is 1.30 bits per heavy atom. The molecule has 0 aliphatic carbocycles. The smallest absolute Gasteiger partial charge is 0.241 e. The molecule has 20 heavy (non-hydrogen) atoms. The first-order chi connectivity index (χ1) is 9.61. The van der Waals surface area contributed by atoms with Crippen LogP contribution < -0.4 is 10.2 Å². The molecule has 1 aliphatic heterocycles. The number of nitrogens with zero attached hydrogens (tertiary/aromatic N) is 2. The van der Waals surface area contributed by atoms with Crippen molar-refractivity contribution < 1.29 is 4.79 Å². The molecule has 1 amide bonds. The number of likely N-dealkylation sites (N-methyl/N-ethyl adjacent to an activating group) is 1. The second-order valence-corrected chi connectivity index (χ2v) is 5.55. The number of rotatable bonds is 5. The van der Waals surface area contributed by atoms with E-state index in [1.165, 1.54) is 16.8 Å². The first kappa shape index (κ1) is 14.9. The minimum absolute atomic E-state index is 0.198. The molecular weight excluding hydrogens is 250 g/mol. The van der Waals surface area contributed by atoms with Gasteiger partial charge in [0.1, 0.15) is 0 Å². The third-order valence-electron chi connectivity index (χ3n) is 3.78. The van der Waals surface area contributed by atoms with Gasteiger partial charge in [0.05, 0.1) is 6.54 Å². The highest BCUT2D eigenvalue weighted by atomic mass is 16.2. The summed E-state index contributed by atoms with van der Waals surface area (Å²) in [6.45, 7) is 8.37. The standard InChI is InChI=1S/C16H25N3O/c1-4-7-17-11-14-10-13(2)5-6-15(14)19-9-8-18(3)16(20)12-19/h5-6,10,17H,4,7-9,11-12H2,1-3H3. The van der Waals surface area contributed by atoms with Gasteiger partial charge in [-0.15, -0.1) is 0 Å². The van der Waals surface area contributed by atoms with Gasteiger partial charge in [-0.1, -0.05) is 24.6 Å². The van der Waals surface area contributed by atoms with Crippen LogP contribution in [-0.4, -0.2) is 44.0 Å². The Labute approximate surface area is 121 Å². The maximum Gasteiger partial charge on any atom is 0.241 e. The van der Waals surface area contributed by atoms with E-state index in [4.69, 9.17) is 0 Å². The van der Waals surface area contributed by atoms with Crippen molar-refractivity contribution in [3.8, 4) is 0 Å². The van der Waals surface area contributed by atoms with Crippen molar-refractivity contribution in [3.63, 3.8) is 0 Å². The Hall–Kier alpha value is -1.55. The van der Waals surface area contributed by atoms with Crippen molar-refractivity contribution in [2.24, 2.45) is 0 Å². The summed E-state index contributed by atoms with van der Waals surface area (Å²) in [6.07, 6.45) is 1.13. The molecule has 1 aromatic rings. The lowest BCUT2D eigenvalue weighted by Gasteiger charge is -2.34. The van der Waals surface area contributed by atoms with Crippen LogP contribution in [0.5, 0.6) is 0 Å². The van der Waals surface area contributed by atoms with E-state index < -0.39 is 0 Å². The molecule has 110 valence electrons. The Morgan fingerprint density at radius 2 is 2.10 bits per heavy atom. The lowest BCUT2D eigenvalue weighted by Crippen LogP contribution is -2.48. The van der Waals surface area contributed by atoms with Gasteiger partial charge >= 0.3 is 0 Å². The van der Waals surface area contributed by atoms with Crippen molar-refractivity contribution in [1.29, 1.82) is 0 Å². The molecule has 0 unspecified atom stereocenters. The van der Waals surface area contributed by atoms with Gasteiger partial charge in [0.2, 0.25) is 5.91 Å². The summed E-state index contributed by atoms with van der Waals surface area (Å²) < 4.78 is 0. The zero-order chi connectivity index (χ0) is 14.5. The molecule has 4 nitrogen and oxygen atoms in total. The fraction of sp³-hybridized carbons (Fsp3) is 0.562. The first-order valence-electron chi connectivity index (χ1n) is 7.41. The maximum absolute atomic E-state index is 11.9. The van der Waals surface area contributed by atoms with E-state index in [0.717, 1.165) is 32.6 Å². The first-order valence-corrected chi connectivity index (χ1v) is 7.41. The molecule has 0 saturated carbocycles. The van der Waals surface area contributed by atoms with Crippen molar-refractivity contribution in [1.82, 2.24) is 10.2 Å². The fourth-order valence-corrected chi connectivity index (χ4v) is 2.53. The number of hydrogen-bond acceptors (Lipinski definition) is 3. The third kappa shape index (κ3) is 3.51. The number of hydrogen-bond donors (Lipinski definition) is 1. The van der Waals surface area contributed by atoms with Crippen LogP contribution in [0.3, 0.4) is 0 Å². The average molecular weight is 275 g/mol. The summed E-state index contributed by atoms with van der Waals surface area (Å²) in [6, 6.07) is 6.50. The van der Waals surface area contributed by atoms with E-state index in [2.05, 4.69) is 42.3 Å². The van der Waals surface area contributed by atoms with Crippen LogP contribution in [0.4, 0.5) is 5.69 Å². The van der Waals surface area contributed by atoms with Crippen LogP contribution in [0, 0.1) is 6.92 Å². The van der Waals surface area contributed by atoms with Gasteiger partial charge in [0.25, 0.3) is 0 Å². The molecule has 0 aromatic heterocycles. The molecule has 0 spiro atoms. The lowest BCUT2D eigenvalue weighted by molar-refractivity contribution is -0.129. The number of aryl methyl sites for hydroxylation is 1. The van der Waals surface area contributed by atoms with Crippen LogP contribution in [0.25, 0.3) is 0 Å². The van der Waals surface area contributed by atoms with Gasteiger partial charge in [-0.2, -0.15) is 0 Å². The minimum Gasteiger partial charge on any atom is -0.360 e. The van der Waals surface area contributed by atoms with E-state index in [1.54, 1.807) is 4.90 Å². The Morgan fingerprint density at radius 3 is 2.80 bits per heavy atom. The van der Waals surface area contributed by atoms with Crippen molar-refractivity contribution in [2.75, 3.05) is 38.1 Å². The van der Waals surface area contributed by atoms with E-state index in [9.17, 15) is 4.79 Å². The number of piperazine rings is 1. The summed E-state index contributed by atoms with van der Waals surface area (Å²) >= 11 is 0. The molecule has 1 aromatic carbocycles. The van der Waals surface area contributed by atoms with Gasteiger partial charge in [-0.05, 0) is 31.5 Å². The predicted octanol–water partition coefficient (Wildman–Crippen LogP) is 1.77. The highest BCUT2D eigenvalue weighted by molar-refractivity contribution is 5.83. The highest BCUT2D eigenvalue weighted by Crippen LogP contribution is 2.23. The van der Waals surface area contributed by atoms with E-state index in [-0.39, 0.29) is 5.91 Å². The molecule has 1 saturated heterocycles. The lowest BCUT2D eigenvalue weighted by atomic mass is 10.1. The third-order valence-corrected chi connectivity index (χ3v) is 3.78. The average Bonchev–Trinajstić information content (AvgIpc) is 2.43. The molecule has 1 aliphatic rings. The maximum atomic E-state index is 11.9. The second kappa shape index (κ2) is 6.75. The van der Waals surface area contributed by atoms with Gasteiger partial charge < -0.3 is 15.1 Å². The number of carbonyl (C=O) groups is 1. The van der Waals surface area contributed by atoms with Crippen molar-refractivity contribution in [3.05, 3.63) is 29.3 Å². The van der Waals surface area contributed by atoms with Crippen LogP contribution >= 0.6 is 0 Å². The number of carbonyl (C=O) groups excluding carboxylic acids is 1. The molecule has 1 fully saturated rings. The number of benzene rings is 1. The summed E-state index contributed by atoms with van der Waals surface area (Å²) in [5.41, 5.74) is 3.75. The summed E-state index contributed by atoms with van der Waals surface area (Å²) in [5.74, 6) is 0.198. The van der Waals surface area contributed by atoms with Gasteiger partial charge in [0, 0.05) is 32.4 Å². The van der Waals surface area contributed by atoms with Crippen LogP contribution in [0.2, 0.25) is 0 Å². The van der Waals surface area contributed by atoms with Gasteiger partial charge in [0.15, 0.2) is 0 Å².